The molecule has 1 heterocycles. The zero-order chi connectivity index (χ0) is 11.3. The van der Waals surface area contributed by atoms with Crippen LogP contribution in [0.25, 0.3) is 0 Å². The fraction of sp³-hybridized carbons (Fsp3) is 1.00. The van der Waals surface area contributed by atoms with E-state index in [1.807, 2.05) is 0 Å². The molecule has 2 atom stereocenters. The first-order valence-electron chi connectivity index (χ1n) is 6.11. The Hall–Kier alpha value is -0.120. The first kappa shape index (κ1) is 12.9. The molecule has 0 bridgehead atoms. The Morgan fingerprint density at radius 2 is 2.20 bits per heavy atom. The predicted octanol–water partition coefficient (Wildman–Crippen LogP) is 1.03. The van der Waals surface area contributed by atoms with Gasteiger partial charge in [0.25, 0.3) is 0 Å². The van der Waals surface area contributed by atoms with Gasteiger partial charge < -0.3 is 14.9 Å². The molecule has 0 amide bonds. The van der Waals surface area contributed by atoms with Crippen molar-refractivity contribution in [1.29, 1.82) is 0 Å². The first-order valence-corrected chi connectivity index (χ1v) is 6.11. The molecule has 0 spiro atoms. The minimum atomic E-state index is 0.326. The van der Waals surface area contributed by atoms with Gasteiger partial charge in [-0.2, -0.15) is 0 Å². The van der Waals surface area contributed by atoms with Crippen molar-refractivity contribution in [2.75, 3.05) is 40.8 Å². The molecule has 1 fully saturated rings. The fourth-order valence-electron chi connectivity index (χ4n) is 2.74. The summed E-state index contributed by atoms with van der Waals surface area (Å²) in [5.41, 5.74) is 0. The van der Waals surface area contributed by atoms with Crippen molar-refractivity contribution in [3.63, 3.8) is 0 Å². The van der Waals surface area contributed by atoms with Gasteiger partial charge in [-0.15, -0.1) is 0 Å². The van der Waals surface area contributed by atoms with Crippen LogP contribution in [0.5, 0.6) is 0 Å². The molecule has 1 rings (SSSR count). The van der Waals surface area contributed by atoms with Gasteiger partial charge in [0.2, 0.25) is 0 Å². The van der Waals surface area contributed by atoms with Crippen LogP contribution in [-0.2, 0) is 0 Å². The highest BCUT2D eigenvalue weighted by Crippen LogP contribution is 2.24. The lowest BCUT2D eigenvalue weighted by molar-refractivity contribution is 0.110. The van der Waals surface area contributed by atoms with E-state index in [-0.39, 0.29) is 0 Å². The highest BCUT2D eigenvalue weighted by atomic mass is 16.2. The maximum atomic E-state index is 8.92. The lowest BCUT2D eigenvalue weighted by Crippen LogP contribution is -2.44. The normalized spacial score (nSPS) is 25.8. The van der Waals surface area contributed by atoms with Gasteiger partial charge in [-0.3, -0.25) is 0 Å². The summed E-state index contributed by atoms with van der Waals surface area (Å²) in [5, 5.41) is 8.92. The van der Waals surface area contributed by atoms with E-state index in [0.29, 0.717) is 12.6 Å². The zero-order valence-electron chi connectivity index (χ0n) is 10.4. The third kappa shape index (κ3) is 4.09. The molecule has 3 heteroatoms. The Morgan fingerprint density at radius 1 is 1.47 bits per heavy atom. The molecule has 0 radical (unpaired) electrons. The molecule has 1 aliphatic heterocycles. The van der Waals surface area contributed by atoms with Gasteiger partial charge in [0, 0.05) is 19.2 Å². The Bertz CT molecular complexity index is 173. The van der Waals surface area contributed by atoms with Crippen molar-refractivity contribution in [1.82, 2.24) is 9.80 Å². The molecule has 3 nitrogen and oxygen atoms in total. The van der Waals surface area contributed by atoms with Crippen LogP contribution < -0.4 is 0 Å². The average Bonchev–Trinajstić information content (AvgIpc) is 2.18. The molecule has 90 valence electrons. The minimum absolute atomic E-state index is 0.326. The van der Waals surface area contributed by atoms with E-state index >= 15 is 0 Å². The van der Waals surface area contributed by atoms with Gasteiger partial charge in [-0.1, -0.05) is 0 Å². The van der Waals surface area contributed by atoms with E-state index in [1.54, 1.807) is 0 Å². The first-order chi connectivity index (χ1) is 7.15. The Balaban J connectivity index is 2.46. The number of piperidine rings is 1. The van der Waals surface area contributed by atoms with Crippen molar-refractivity contribution in [3.8, 4) is 0 Å². The summed E-state index contributed by atoms with van der Waals surface area (Å²) in [6, 6.07) is 0.639. The number of aliphatic hydroxyl groups excluding tert-OH is 1. The van der Waals surface area contributed by atoms with Crippen molar-refractivity contribution >= 4 is 0 Å². The van der Waals surface area contributed by atoms with Crippen molar-refractivity contribution < 1.29 is 5.11 Å². The van der Waals surface area contributed by atoms with Crippen LogP contribution in [0.1, 0.15) is 25.7 Å². The van der Waals surface area contributed by atoms with Gasteiger partial charge >= 0.3 is 0 Å². The summed E-state index contributed by atoms with van der Waals surface area (Å²) in [7, 11) is 6.54. The third-order valence-corrected chi connectivity index (χ3v) is 3.53. The summed E-state index contributed by atoms with van der Waals surface area (Å²) in [4.78, 5) is 4.77. The van der Waals surface area contributed by atoms with Crippen LogP contribution in [0.15, 0.2) is 0 Å². The van der Waals surface area contributed by atoms with E-state index in [1.165, 1.54) is 25.9 Å². The zero-order valence-corrected chi connectivity index (χ0v) is 10.4. The average molecular weight is 214 g/mol. The molecule has 0 aromatic heterocycles. The Labute approximate surface area is 94.1 Å². The Morgan fingerprint density at radius 3 is 2.73 bits per heavy atom. The monoisotopic (exact) mass is 214 g/mol. The van der Waals surface area contributed by atoms with Gasteiger partial charge in [-0.05, 0) is 59.3 Å². The minimum Gasteiger partial charge on any atom is -0.396 e. The molecular weight excluding hydrogens is 188 g/mol. The lowest BCUT2D eigenvalue weighted by Gasteiger charge is -2.38. The summed E-state index contributed by atoms with van der Waals surface area (Å²) in [6.45, 7) is 2.79. The SMILES string of the molecule is CN1CCCC(C(CCCO)N(C)C)C1. The second-order valence-corrected chi connectivity index (χ2v) is 5.06. The van der Waals surface area contributed by atoms with Gasteiger partial charge in [0.1, 0.15) is 0 Å². The number of likely N-dealkylation sites (tertiary alicyclic amines) is 1. The van der Waals surface area contributed by atoms with E-state index in [2.05, 4.69) is 30.9 Å². The van der Waals surface area contributed by atoms with E-state index in [4.69, 9.17) is 5.11 Å². The maximum absolute atomic E-state index is 8.92. The second kappa shape index (κ2) is 6.46. The molecule has 1 saturated heterocycles. The molecule has 15 heavy (non-hydrogen) atoms. The highest BCUT2D eigenvalue weighted by Gasteiger charge is 2.26. The number of aliphatic hydroxyl groups is 1. The van der Waals surface area contributed by atoms with Crippen molar-refractivity contribution in [2.24, 2.45) is 5.92 Å². The van der Waals surface area contributed by atoms with Crippen LogP contribution in [-0.4, -0.2) is 61.8 Å². The molecule has 0 aliphatic carbocycles. The second-order valence-electron chi connectivity index (χ2n) is 5.06. The lowest BCUT2D eigenvalue weighted by atomic mass is 9.87. The van der Waals surface area contributed by atoms with E-state index in [0.717, 1.165) is 18.8 Å². The summed E-state index contributed by atoms with van der Waals surface area (Å²) < 4.78 is 0. The van der Waals surface area contributed by atoms with Crippen molar-refractivity contribution in [2.45, 2.75) is 31.7 Å². The highest BCUT2D eigenvalue weighted by molar-refractivity contribution is 4.81. The molecule has 0 saturated carbocycles. The Kier molecular flexibility index (Phi) is 5.58. The fourth-order valence-corrected chi connectivity index (χ4v) is 2.74. The topological polar surface area (TPSA) is 26.7 Å². The van der Waals surface area contributed by atoms with Gasteiger partial charge in [0.15, 0.2) is 0 Å². The van der Waals surface area contributed by atoms with Gasteiger partial charge in [0.05, 0.1) is 0 Å². The van der Waals surface area contributed by atoms with E-state index in [9.17, 15) is 0 Å². The third-order valence-electron chi connectivity index (χ3n) is 3.53. The molecular formula is C12H26N2O. The van der Waals surface area contributed by atoms with Crippen molar-refractivity contribution in [3.05, 3.63) is 0 Å². The number of hydrogen-bond acceptors (Lipinski definition) is 3. The largest absolute Gasteiger partial charge is 0.396 e. The van der Waals surface area contributed by atoms with E-state index < -0.39 is 0 Å². The van der Waals surface area contributed by atoms with Crippen LogP contribution >= 0.6 is 0 Å². The summed E-state index contributed by atoms with van der Waals surface area (Å²) in [6.07, 6.45) is 4.73. The van der Waals surface area contributed by atoms with Crippen LogP contribution in [0.2, 0.25) is 0 Å². The number of hydrogen-bond donors (Lipinski definition) is 1. The maximum Gasteiger partial charge on any atom is 0.0431 e. The predicted molar refractivity (Wildman–Crippen MR) is 64.0 cm³/mol. The summed E-state index contributed by atoms with van der Waals surface area (Å²) >= 11 is 0. The van der Waals surface area contributed by atoms with Crippen LogP contribution in [0.4, 0.5) is 0 Å². The quantitative estimate of drug-likeness (QED) is 0.740. The standard InChI is InChI=1S/C12H26N2O/c1-13(2)12(7-5-9-15)11-6-4-8-14(3)10-11/h11-12,15H,4-10H2,1-3H3. The summed E-state index contributed by atoms with van der Waals surface area (Å²) in [5.74, 6) is 0.783. The number of rotatable bonds is 5. The van der Waals surface area contributed by atoms with Crippen LogP contribution in [0, 0.1) is 5.92 Å². The van der Waals surface area contributed by atoms with Crippen LogP contribution in [0.3, 0.4) is 0 Å². The van der Waals surface area contributed by atoms with Gasteiger partial charge in [-0.25, -0.2) is 0 Å². The molecule has 1 N–H and O–H groups in total. The number of nitrogens with zero attached hydrogens (tertiary/aromatic N) is 2. The molecule has 2 unspecified atom stereocenters. The smallest absolute Gasteiger partial charge is 0.0431 e. The molecule has 0 aromatic rings. The molecule has 0 aromatic carbocycles. The molecule has 1 aliphatic rings.